The van der Waals surface area contributed by atoms with Crippen LogP contribution in [0, 0.1) is 0 Å². The Morgan fingerprint density at radius 1 is 1.26 bits per heavy atom. The van der Waals surface area contributed by atoms with E-state index in [4.69, 9.17) is 9.84 Å². The van der Waals surface area contributed by atoms with Gasteiger partial charge in [-0.1, -0.05) is 6.92 Å². The van der Waals surface area contributed by atoms with Gasteiger partial charge in [0.05, 0.1) is 12.1 Å². The minimum absolute atomic E-state index is 0.0798. The summed E-state index contributed by atoms with van der Waals surface area (Å²) in [5, 5.41) is 8.87. The van der Waals surface area contributed by atoms with Gasteiger partial charge in [-0.05, 0) is 38.5 Å². The smallest absolute Gasteiger partial charge is 0.305 e. The Hall–Kier alpha value is -2.90. The molecule has 1 unspecified atom stereocenters. The molecule has 1 aliphatic rings. The number of Topliss-reactive ketones (excluding diaryl/α,β-unsaturated/α-hetero) is 1. The minimum Gasteiger partial charge on any atom is -0.481 e. The third-order valence-electron chi connectivity index (χ3n) is 4.31. The second-order valence-corrected chi connectivity index (χ2v) is 6.45. The predicted molar refractivity (Wildman–Crippen MR) is 98.0 cm³/mol. The van der Waals surface area contributed by atoms with E-state index < -0.39 is 12.1 Å². The van der Waals surface area contributed by atoms with E-state index in [-0.39, 0.29) is 37.1 Å². The average molecular weight is 376 g/mol. The summed E-state index contributed by atoms with van der Waals surface area (Å²) in [6, 6.07) is 4.76. The summed E-state index contributed by atoms with van der Waals surface area (Å²) >= 11 is 0. The molecular weight excluding hydrogens is 352 g/mol. The van der Waals surface area contributed by atoms with Gasteiger partial charge in [0.2, 0.25) is 5.91 Å². The fraction of sp³-hybridized carbons (Fsp3) is 0.474. The van der Waals surface area contributed by atoms with Crippen LogP contribution >= 0.6 is 0 Å². The largest absolute Gasteiger partial charge is 0.481 e. The fourth-order valence-corrected chi connectivity index (χ4v) is 2.89. The van der Waals surface area contributed by atoms with E-state index in [1.807, 2.05) is 6.92 Å². The predicted octanol–water partition coefficient (Wildman–Crippen LogP) is 1.72. The van der Waals surface area contributed by atoms with E-state index >= 15 is 0 Å². The lowest BCUT2D eigenvalue weighted by Crippen LogP contribution is -2.50. The summed E-state index contributed by atoms with van der Waals surface area (Å²) in [6.45, 7) is 5.14. The van der Waals surface area contributed by atoms with E-state index in [1.165, 1.54) is 22.8 Å². The Morgan fingerprint density at radius 2 is 1.96 bits per heavy atom. The number of fused-ring (bicyclic) bond motifs is 1. The standard InChI is InChI=1S/C19H24N2O6/c1-4-8-20(9-7-18(24)25)17(23)11-21-15-10-14(12(2)22)5-6-16(15)27-13(3)19(21)26/h5-6,10,13H,4,7-9,11H2,1-3H3,(H,24,25). The minimum atomic E-state index is -0.989. The molecule has 1 aromatic rings. The number of ketones is 1. The molecule has 27 heavy (non-hydrogen) atoms. The molecule has 1 atom stereocenters. The highest BCUT2D eigenvalue weighted by Crippen LogP contribution is 2.35. The van der Waals surface area contributed by atoms with Crippen LogP contribution in [0.4, 0.5) is 5.69 Å². The molecule has 0 bridgehead atoms. The zero-order chi connectivity index (χ0) is 20.1. The van der Waals surface area contributed by atoms with Gasteiger partial charge in [-0.25, -0.2) is 0 Å². The molecule has 0 fully saturated rings. The van der Waals surface area contributed by atoms with Crippen molar-refractivity contribution >= 4 is 29.3 Å². The number of hydrogen-bond acceptors (Lipinski definition) is 5. The van der Waals surface area contributed by atoms with Crippen LogP contribution in [0.3, 0.4) is 0 Å². The summed E-state index contributed by atoms with van der Waals surface area (Å²) in [5.74, 6) is -1.46. The van der Waals surface area contributed by atoms with E-state index in [0.29, 0.717) is 30.0 Å². The Balaban J connectivity index is 2.29. The molecule has 0 aromatic heterocycles. The molecule has 1 aliphatic heterocycles. The van der Waals surface area contributed by atoms with E-state index in [1.54, 1.807) is 19.1 Å². The average Bonchev–Trinajstić information content (AvgIpc) is 2.61. The zero-order valence-corrected chi connectivity index (χ0v) is 15.7. The molecule has 1 heterocycles. The lowest BCUT2D eigenvalue weighted by Gasteiger charge is -2.34. The van der Waals surface area contributed by atoms with Crippen LogP contribution in [-0.2, 0) is 14.4 Å². The third-order valence-corrected chi connectivity index (χ3v) is 4.31. The SMILES string of the molecule is CCCN(CCC(=O)O)C(=O)CN1C(=O)C(C)Oc2ccc(C(C)=O)cc21. The van der Waals surface area contributed by atoms with Crippen molar-refractivity contribution in [2.24, 2.45) is 0 Å². The van der Waals surface area contributed by atoms with Crippen LogP contribution in [0.15, 0.2) is 18.2 Å². The number of carbonyl (C=O) groups excluding carboxylic acids is 3. The highest BCUT2D eigenvalue weighted by Gasteiger charge is 2.34. The quantitative estimate of drug-likeness (QED) is 0.693. The van der Waals surface area contributed by atoms with Crippen LogP contribution in [-0.4, -0.2) is 59.3 Å². The number of anilines is 1. The molecule has 146 valence electrons. The monoisotopic (exact) mass is 376 g/mol. The van der Waals surface area contributed by atoms with Gasteiger partial charge in [0.15, 0.2) is 11.9 Å². The van der Waals surface area contributed by atoms with Crippen molar-refractivity contribution in [3.05, 3.63) is 23.8 Å². The first kappa shape index (κ1) is 20.4. The normalized spacial score (nSPS) is 15.7. The van der Waals surface area contributed by atoms with E-state index in [9.17, 15) is 19.2 Å². The molecule has 8 heteroatoms. The third kappa shape index (κ3) is 4.84. The highest BCUT2D eigenvalue weighted by molar-refractivity contribution is 6.05. The maximum Gasteiger partial charge on any atom is 0.305 e. The Labute approximate surface area is 157 Å². The van der Waals surface area contributed by atoms with Crippen LogP contribution in [0.5, 0.6) is 5.75 Å². The van der Waals surface area contributed by atoms with Gasteiger partial charge >= 0.3 is 5.97 Å². The zero-order valence-electron chi connectivity index (χ0n) is 15.7. The number of hydrogen-bond donors (Lipinski definition) is 1. The number of aliphatic carboxylic acids is 1. The van der Waals surface area contributed by atoms with Gasteiger partial charge in [0.25, 0.3) is 5.91 Å². The second kappa shape index (κ2) is 8.66. The van der Waals surface area contributed by atoms with Crippen molar-refractivity contribution < 1.29 is 29.0 Å². The van der Waals surface area contributed by atoms with Crippen molar-refractivity contribution in [2.75, 3.05) is 24.5 Å². The van der Waals surface area contributed by atoms with Gasteiger partial charge < -0.3 is 14.7 Å². The maximum absolute atomic E-state index is 12.7. The van der Waals surface area contributed by atoms with E-state index in [0.717, 1.165) is 0 Å². The molecular formula is C19H24N2O6. The van der Waals surface area contributed by atoms with Gasteiger partial charge in [0.1, 0.15) is 12.3 Å². The number of benzene rings is 1. The van der Waals surface area contributed by atoms with E-state index in [2.05, 4.69) is 0 Å². The molecule has 1 aromatic carbocycles. The lowest BCUT2D eigenvalue weighted by atomic mass is 10.1. The molecule has 2 rings (SSSR count). The molecule has 0 radical (unpaired) electrons. The van der Waals surface area contributed by atoms with Gasteiger partial charge in [-0.2, -0.15) is 0 Å². The number of carboxylic acid groups (broad SMARTS) is 1. The first-order valence-electron chi connectivity index (χ1n) is 8.87. The number of ether oxygens (including phenoxy) is 1. The summed E-state index contributed by atoms with van der Waals surface area (Å²) < 4.78 is 5.57. The number of rotatable bonds is 8. The number of carbonyl (C=O) groups is 4. The molecule has 0 saturated carbocycles. The summed E-state index contributed by atoms with van der Waals surface area (Å²) in [4.78, 5) is 50.6. The molecule has 2 amide bonds. The number of nitrogens with zero attached hydrogens (tertiary/aromatic N) is 2. The molecule has 0 spiro atoms. The van der Waals surface area contributed by atoms with Crippen molar-refractivity contribution in [3.63, 3.8) is 0 Å². The number of amides is 2. The summed E-state index contributed by atoms with van der Waals surface area (Å²) in [7, 11) is 0. The number of carboxylic acids is 1. The Bertz CT molecular complexity index is 761. The van der Waals surface area contributed by atoms with Crippen molar-refractivity contribution in [3.8, 4) is 5.75 Å². The van der Waals surface area contributed by atoms with Crippen molar-refractivity contribution in [1.29, 1.82) is 0 Å². The highest BCUT2D eigenvalue weighted by atomic mass is 16.5. The van der Waals surface area contributed by atoms with Crippen LogP contribution < -0.4 is 9.64 Å². The fourth-order valence-electron chi connectivity index (χ4n) is 2.89. The topological polar surface area (TPSA) is 104 Å². The lowest BCUT2D eigenvalue weighted by molar-refractivity contribution is -0.139. The molecule has 0 saturated heterocycles. The molecule has 0 aliphatic carbocycles. The summed E-state index contributed by atoms with van der Waals surface area (Å²) in [6.07, 6.45) is -0.249. The van der Waals surface area contributed by atoms with Crippen LogP contribution in [0.1, 0.15) is 44.0 Å². The van der Waals surface area contributed by atoms with Crippen LogP contribution in [0.2, 0.25) is 0 Å². The Kier molecular flexibility index (Phi) is 6.55. The summed E-state index contributed by atoms with van der Waals surface area (Å²) in [5.41, 5.74) is 0.780. The van der Waals surface area contributed by atoms with Gasteiger partial charge in [-0.3, -0.25) is 24.1 Å². The maximum atomic E-state index is 12.7. The van der Waals surface area contributed by atoms with Crippen LogP contribution in [0.25, 0.3) is 0 Å². The van der Waals surface area contributed by atoms with Crippen molar-refractivity contribution in [2.45, 2.75) is 39.7 Å². The first-order valence-corrected chi connectivity index (χ1v) is 8.87. The Morgan fingerprint density at radius 3 is 2.56 bits per heavy atom. The molecule has 1 N–H and O–H groups in total. The first-order chi connectivity index (χ1) is 12.7. The van der Waals surface area contributed by atoms with Gasteiger partial charge in [-0.15, -0.1) is 0 Å². The van der Waals surface area contributed by atoms with Crippen molar-refractivity contribution in [1.82, 2.24) is 4.90 Å². The van der Waals surface area contributed by atoms with Gasteiger partial charge in [0, 0.05) is 18.7 Å². The second-order valence-electron chi connectivity index (χ2n) is 6.45. The molecule has 8 nitrogen and oxygen atoms in total.